The number of aromatic nitrogens is 1. The molecule has 0 aliphatic carbocycles. The predicted molar refractivity (Wildman–Crippen MR) is 91.3 cm³/mol. The zero-order valence-electron chi connectivity index (χ0n) is 14.0. The molecule has 2 aromatic rings. The molecule has 2 amide bonds. The number of benzene rings is 1. The quantitative estimate of drug-likeness (QED) is 0.832. The van der Waals surface area contributed by atoms with Gasteiger partial charge >= 0.3 is 6.03 Å². The number of urea groups is 1. The number of halogens is 1. The summed E-state index contributed by atoms with van der Waals surface area (Å²) in [6, 6.07) is 2.82. The number of methoxy groups -OCH3 is 2. The zero-order chi connectivity index (χ0) is 17.7. The van der Waals surface area contributed by atoms with Gasteiger partial charge < -0.3 is 24.5 Å². The Hall–Kier alpha value is -2.41. The van der Waals surface area contributed by atoms with Crippen LogP contribution >= 0.6 is 11.6 Å². The first kappa shape index (κ1) is 17.9. The second-order valence-corrected chi connectivity index (χ2v) is 5.46. The molecule has 7 nitrogen and oxygen atoms in total. The van der Waals surface area contributed by atoms with Crippen LogP contribution in [0.1, 0.15) is 17.3 Å². The maximum atomic E-state index is 12.0. The Morgan fingerprint density at radius 2 is 1.96 bits per heavy atom. The molecule has 1 aromatic carbocycles. The van der Waals surface area contributed by atoms with Crippen LogP contribution in [0.2, 0.25) is 5.02 Å². The Bertz CT molecular complexity index is 730. The van der Waals surface area contributed by atoms with Crippen molar-refractivity contribution in [3.63, 3.8) is 0 Å². The van der Waals surface area contributed by atoms with Gasteiger partial charge in [-0.1, -0.05) is 11.6 Å². The zero-order valence-corrected chi connectivity index (χ0v) is 14.8. The average molecular weight is 354 g/mol. The molecule has 130 valence electrons. The molecule has 2 rings (SSSR count). The molecule has 0 fully saturated rings. The lowest BCUT2D eigenvalue weighted by molar-refractivity contribution is 0.252. The molecule has 0 atom stereocenters. The van der Waals surface area contributed by atoms with Crippen LogP contribution in [0.3, 0.4) is 0 Å². The highest BCUT2D eigenvalue weighted by atomic mass is 35.5. The molecule has 0 radical (unpaired) electrons. The standard InChI is InChI=1S/C16H20ClN3O4/c1-9-12(19-10(2)24-9)5-6-18-16(21)20-13-7-11(17)14(22-3)8-15(13)23-4/h7-8H,5-6H2,1-4H3,(H2,18,20,21). The van der Waals surface area contributed by atoms with Gasteiger partial charge in [0.2, 0.25) is 0 Å². The topological polar surface area (TPSA) is 85.6 Å². The van der Waals surface area contributed by atoms with E-state index in [1.165, 1.54) is 14.2 Å². The largest absolute Gasteiger partial charge is 0.495 e. The second kappa shape index (κ2) is 7.92. The van der Waals surface area contributed by atoms with Gasteiger partial charge in [0.05, 0.1) is 30.6 Å². The molecule has 0 saturated heterocycles. The Morgan fingerprint density at radius 1 is 1.25 bits per heavy atom. The van der Waals surface area contributed by atoms with E-state index in [4.69, 9.17) is 25.5 Å². The lowest BCUT2D eigenvalue weighted by Gasteiger charge is -2.13. The fraction of sp³-hybridized carbons (Fsp3) is 0.375. The van der Waals surface area contributed by atoms with Crippen molar-refractivity contribution < 1.29 is 18.7 Å². The summed E-state index contributed by atoms with van der Waals surface area (Å²) in [5.41, 5.74) is 1.28. The van der Waals surface area contributed by atoms with E-state index in [0.717, 1.165) is 11.5 Å². The van der Waals surface area contributed by atoms with Gasteiger partial charge in [-0.3, -0.25) is 0 Å². The van der Waals surface area contributed by atoms with Gasteiger partial charge in [-0.2, -0.15) is 0 Å². The smallest absolute Gasteiger partial charge is 0.319 e. The third-order valence-corrected chi connectivity index (χ3v) is 3.66. The van der Waals surface area contributed by atoms with Crippen molar-refractivity contribution in [2.45, 2.75) is 20.3 Å². The normalized spacial score (nSPS) is 10.4. The number of nitrogens with one attached hydrogen (secondary N) is 2. The van der Waals surface area contributed by atoms with Crippen molar-refractivity contribution >= 4 is 23.3 Å². The number of nitrogens with zero attached hydrogens (tertiary/aromatic N) is 1. The fourth-order valence-corrected chi connectivity index (χ4v) is 2.46. The first-order valence-corrected chi connectivity index (χ1v) is 7.71. The molecule has 1 heterocycles. The lowest BCUT2D eigenvalue weighted by Crippen LogP contribution is -2.30. The Labute approximate surface area is 145 Å². The van der Waals surface area contributed by atoms with Gasteiger partial charge in [-0.25, -0.2) is 9.78 Å². The minimum absolute atomic E-state index is 0.368. The highest BCUT2D eigenvalue weighted by Crippen LogP contribution is 2.35. The van der Waals surface area contributed by atoms with E-state index < -0.39 is 0 Å². The minimum atomic E-state index is -0.368. The van der Waals surface area contributed by atoms with Crippen LogP contribution in [0.25, 0.3) is 0 Å². The summed E-state index contributed by atoms with van der Waals surface area (Å²) in [4.78, 5) is 16.3. The van der Waals surface area contributed by atoms with Crippen molar-refractivity contribution in [3.05, 3.63) is 34.5 Å². The van der Waals surface area contributed by atoms with Gasteiger partial charge in [-0.05, 0) is 13.0 Å². The third kappa shape index (κ3) is 4.32. The molecule has 0 aliphatic rings. The number of carbonyl (C=O) groups excluding carboxylic acids is 1. The molecule has 2 N–H and O–H groups in total. The number of oxazole rings is 1. The number of amides is 2. The van der Waals surface area contributed by atoms with E-state index in [9.17, 15) is 4.79 Å². The molecule has 0 spiro atoms. The van der Waals surface area contributed by atoms with Crippen molar-refractivity contribution in [2.24, 2.45) is 0 Å². The maximum absolute atomic E-state index is 12.0. The monoisotopic (exact) mass is 353 g/mol. The number of aryl methyl sites for hydroxylation is 2. The van der Waals surface area contributed by atoms with E-state index in [2.05, 4.69) is 15.6 Å². The number of anilines is 1. The van der Waals surface area contributed by atoms with Crippen molar-refractivity contribution in [1.29, 1.82) is 0 Å². The summed E-state index contributed by atoms with van der Waals surface area (Å²) in [5.74, 6) is 2.30. The summed E-state index contributed by atoms with van der Waals surface area (Å²) < 4.78 is 15.7. The summed E-state index contributed by atoms with van der Waals surface area (Å²) in [5, 5.41) is 5.83. The summed E-state index contributed by atoms with van der Waals surface area (Å²) >= 11 is 6.08. The van der Waals surface area contributed by atoms with Crippen LogP contribution < -0.4 is 20.1 Å². The first-order chi connectivity index (χ1) is 11.4. The van der Waals surface area contributed by atoms with Crippen LogP contribution in [-0.4, -0.2) is 31.8 Å². The van der Waals surface area contributed by atoms with Crippen LogP contribution in [-0.2, 0) is 6.42 Å². The molecular weight excluding hydrogens is 334 g/mol. The average Bonchev–Trinajstić information content (AvgIpc) is 2.85. The fourth-order valence-electron chi connectivity index (χ4n) is 2.22. The number of rotatable bonds is 6. The second-order valence-electron chi connectivity index (χ2n) is 5.05. The number of hydrogen-bond acceptors (Lipinski definition) is 5. The molecule has 24 heavy (non-hydrogen) atoms. The molecule has 0 saturated carbocycles. The summed E-state index contributed by atoms with van der Waals surface area (Å²) in [6.45, 7) is 4.06. The predicted octanol–water partition coefficient (Wildman–Crippen LogP) is 3.33. The molecule has 0 unspecified atom stereocenters. The molecule has 8 heteroatoms. The van der Waals surface area contributed by atoms with Crippen LogP contribution in [0.5, 0.6) is 11.5 Å². The van der Waals surface area contributed by atoms with Gasteiger partial charge in [0.25, 0.3) is 0 Å². The number of carbonyl (C=O) groups is 1. The highest BCUT2D eigenvalue weighted by molar-refractivity contribution is 6.32. The lowest BCUT2D eigenvalue weighted by atomic mass is 10.2. The Balaban J connectivity index is 1.94. The van der Waals surface area contributed by atoms with E-state index in [1.807, 2.05) is 6.92 Å². The highest BCUT2D eigenvalue weighted by Gasteiger charge is 2.13. The molecule has 1 aromatic heterocycles. The van der Waals surface area contributed by atoms with Crippen LogP contribution in [0.15, 0.2) is 16.5 Å². The van der Waals surface area contributed by atoms with E-state index >= 15 is 0 Å². The van der Waals surface area contributed by atoms with E-state index in [1.54, 1.807) is 19.1 Å². The third-order valence-electron chi connectivity index (χ3n) is 3.37. The van der Waals surface area contributed by atoms with Crippen LogP contribution in [0, 0.1) is 13.8 Å². The SMILES string of the molecule is COc1cc(OC)c(NC(=O)NCCc2nc(C)oc2C)cc1Cl. The summed E-state index contributed by atoms with van der Waals surface area (Å²) in [7, 11) is 3.01. The van der Waals surface area contributed by atoms with Crippen molar-refractivity contribution in [1.82, 2.24) is 10.3 Å². The first-order valence-electron chi connectivity index (χ1n) is 7.34. The Morgan fingerprint density at radius 3 is 2.54 bits per heavy atom. The summed E-state index contributed by atoms with van der Waals surface area (Å²) in [6.07, 6.45) is 0.580. The van der Waals surface area contributed by atoms with Gasteiger partial charge in [-0.15, -0.1) is 0 Å². The molecule has 0 aliphatic heterocycles. The van der Waals surface area contributed by atoms with Crippen molar-refractivity contribution in [3.8, 4) is 11.5 Å². The Kier molecular flexibility index (Phi) is 5.92. The molecule has 0 bridgehead atoms. The maximum Gasteiger partial charge on any atom is 0.319 e. The number of hydrogen-bond donors (Lipinski definition) is 2. The van der Waals surface area contributed by atoms with E-state index in [-0.39, 0.29) is 6.03 Å². The van der Waals surface area contributed by atoms with Gasteiger partial charge in [0.1, 0.15) is 17.3 Å². The van der Waals surface area contributed by atoms with Gasteiger partial charge in [0, 0.05) is 26.0 Å². The van der Waals surface area contributed by atoms with Crippen LogP contribution in [0.4, 0.5) is 10.5 Å². The van der Waals surface area contributed by atoms with E-state index in [0.29, 0.717) is 41.1 Å². The number of ether oxygens (including phenoxy) is 2. The minimum Gasteiger partial charge on any atom is -0.495 e. The van der Waals surface area contributed by atoms with Gasteiger partial charge in [0.15, 0.2) is 5.89 Å². The molecular formula is C16H20ClN3O4. The van der Waals surface area contributed by atoms with Crippen molar-refractivity contribution in [2.75, 3.05) is 26.1 Å².